The number of rotatable bonds is 10. The molecular weight excluding hydrogens is 597 g/mol. The third kappa shape index (κ3) is 2.70. The standard InChI is InChI=1S/C47H34O2/c1-2-3-7-15-49-33(48)12-8-11-32(23-9-5-4-6-10-23)47-31-21-29-19-27-17-25-14-13-24-16-26-18-28-20-30(22-31)45(47)43-37(28)36(26)40-34(24)35(25)41-38(27)39(29)46(47)44(43)42(40)41/h4-6,9-10,13-14,16-17,20-22,32H,2-3,7-8,11-12,15,18-19H2,1H3. The molecule has 0 N–H and O–H groups in total. The summed E-state index contributed by atoms with van der Waals surface area (Å²) in [4.78, 5) is 13.0. The van der Waals surface area contributed by atoms with Gasteiger partial charge in [-0.25, -0.2) is 0 Å². The summed E-state index contributed by atoms with van der Waals surface area (Å²) in [6.07, 6.45) is 12.6. The molecule has 13 rings (SSSR count). The molecule has 0 radical (unpaired) electrons. The first-order chi connectivity index (χ1) is 24.2. The third-order valence-electron chi connectivity index (χ3n) is 13.6. The van der Waals surface area contributed by atoms with Gasteiger partial charge in [0.25, 0.3) is 0 Å². The van der Waals surface area contributed by atoms with E-state index in [0.29, 0.717) is 13.0 Å². The first-order valence-electron chi connectivity index (χ1n) is 18.6. The zero-order chi connectivity index (χ0) is 31.9. The van der Waals surface area contributed by atoms with Crippen molar-refractivity contribution in [3.8, 4) is 0 Å². The van der Waals surface area contributed by atoms with Gasteiger partial charge >= 0.3 is 5.97 Å². The fourth-order valence-electron chi connectivity index (χ4n) is 12.1. The minimum atomic E-state index is -0.264. The largest absolute Gasteiger partial charge is 0.466 e. The quantitative estimate of drug-likeness (QED) is 0.0854. The summed E-state index contributed by atoms with van der Waals surface area (Å²) in [5, 5.41) is 18.2. The Morgan fingerprint density at radius 2 is 1.43 bits per heavy atom. The van der Waals surface area contributed by atoms with Gasteiger partial charge in [-0.15, -0.1) is 0 Å². The second-order valence-electron chi connectivity index (χ2n) is 15.8. The minimum Gasteiger partial charge on any atom is -0.466 e. The molecule has 0 bridgehead atoms. The summed E-state index contributed by atoms with van der Waals surface area (Å²) in [6.45, 7) is 2.73. The number of carbonyl (C=O) groups is 1. The van der Waals surface area contributed by atoms with Crippen LogP contribution in [-0.4, -0.2) is 12.6 Å². The molecule has 0 saturated carbocycles. The van der Waals surface area contributed by atoms with E-state index in [-0.39, 0.29) is 17.3 Å². The van der Waals surface area contributed by atoms with E-state index in [0.717, 1.165) is 44.9 Å². The van der Waals surface area contributed by atoms with Crippen molar-refractivity contribution in [1.82, 2.24) is 0 Å². The first-order valence-corrected chi connectivity index (χ1v) is 18.6. The number of carbonyl (C=O) groups excluding carboxylic acids is 1. The number of ether oxygens (including phenoxy) is 1. The number of esters is 1. The second kappa shape index (κ2) is 8.43. The smallest absolute Gasteiger partial charge is 0.305 e. The van der Waals surface area contributed by atoms with Crippen molar-refractivity contribution >= 4 is 82.3 Å². The number of hydrogen-bond donors (Lipinski definition) is 0. The zero-order valence-electron chi connectivity index (χ0n) is 27.7. The van der Waals surface area contributed by atoms with E-state index in [1.165, 1.54) is 76.7 Å². The highest BCUT2D eigenvalue weighted by molar-refractivity contribution is 6.52. The van der Waals surface area contributed by atoms with Crippen molar-refractivity contribution in [3.05, 3.63) is 117 Å². The molecule has 0 saturated heterocycles. The van der Waals surface area contributed by atoms with Gasteiger partial charge in [0.1, 0.15) is 0 Å². The molecule has 0 spiro atoms. The molecule has 8 aromatic rings. The molecule has 0 aliphatic heterocycles. The minimum absolute atomic E-state index is 0.0447. The van der Waals surface area contributed by atoms with Crippen molar-refractivity contribution in [2.24, 2.45) is 0 Å². The van der Waals surface area contributed by atoms with Crippen molar-refractivity contribution < 1.29 is 9.53 Å². The summed E-state index contributed by atoms with van der Waals surface area (Å²) in [6, 6.07) is 23.7. The Labute approximate surface area is 284 Å². The summed E-state index contributed by atoms with van der Waals surface area (Å²) < 4.78 is 5.71. The van der Waals surface area contributed by atoms with Crippen LogP contribution < -0.4 is 0 Å². The highest BCUT2D eigenvalue weighted by atomic mass is 16.5. The Bertz CT molecular complexity index is 2900. The van der Waals surface area contributed by atoms with Gasteiger partial charge in [0.2, 0.25) is 0 Å². The Morgan fingerprint density at radius 3 is 2.24 bits per heavy atom. The fraction of sp³-hybridized carbons (Fsp3) is 0.255. The van der Waals surface area contributed by atoms with Gasteiger partial charge in [-0.1, -0.05) is 92.6 Å². The highest BCUT2D eigenvalue weighted by Crippen LogP contribution is 2.72. The second-order valence-corrected chi connectivity index (χ2v) is 15.8. The van der Waals surface area contributed by atoms with Gasteiger partial charge in [0, 0.05) is 12.3 Å². The van der Waals surface area contributed by atoms with Crippen LogP contribution in [0.15, 0.2) is 72.3 Å². The van der Waals surface area contributed by atoms with Gasteiger partial charge < -0.3 is 4.74 Å². The first kappa shape index (κ1) is 26.0. The van der Waals surface area contributed by atoms with Crippen molar-refractivity contribution in [2.75, 3.05) is 6.61 Å². The van der Waals surface area contributed by atoms with Gasteiger partial charge in [0.05, 0.1) is 12.0 Å². The lowest BCUT2D eigenvalue weighted by Gasteiger charge is -2.43. The maximum atomic E-state index is 13.0. The van der Waals surface area contributed by atoms with Gasteiger partial charge in [-0.05, 0) is 152 Å². The summed E-state index contributed by atoms with van der Waals surface area (Å²) in [5.74, 6) is 0.168. The molecule has 2 unspecified atom stereocenters. The number of allylic oxidation sites excluding steroid dienone is 3. The van der Waals surface area contributed by atoms with Gasteiger partial charge in [-0.3, -0.25) is 4.79 Å². The number of benzene rings is 7. The molecule has 2 nitrogen and oxygen atoms in total. The van der Waals surface area contributed by atoms with E-state index in [1.807, 2.05) is 0 Å². The molecule has 0 fully saturated rings. The van der Waals surface area contributed by atoms with Crippen LogP contribution in [0.25, 0.3) is 76.3 Å². The average molecular weight is 631 g/mol. The lowest BCUT2D eigenvalue weighted by molar-refractivity contribution is -0.143. The van der Waals surface area contributed by atoms with E-state index < -0.39 is 0 Å². The highest BCUT2D eigenvalue weighted by Gasteiger charge is 2.58. The van der Waals surface area contributed by atoms with Crippen LogP contribution in [-0.2, 0) is 27.8 Å². The van der Waals surface area contributed by atoms with Crippen LogP contribution in [0.4, 0.5) is 0 Å². The van der Waals surface area contributed by atoms with E-state index in [9.17, 15) is 4.79 Å². The Balaban J connectivity index is 1.14. The molecule has 0 amide bonds. The molecule has 8 aromatic carbocycles. The summed E-state index contributed by atoms with van der Waals surface area (Å²) >= 11 is 0. The van der Waals surface area contributed by atoms with E-state index in [4.69, 9.17) is 4.74 Å². The van der Waals surface area contributed by atoms with Crippen LogP contribution in [0.5, 0.6) is 0 Å². The van der Waals surface area contributed by atoms with Gasteiger partial charge in [-0.2, -0.15) is 0 Å². The van der Waals surface area contributed by atoms with Gasteiger partial charge in [0.15, 0.2) is 0 Å². The SMILES string of the molecule is CCCCCOC(=O)CCCC(c1ccccc1)C12C3=Cc4cc5c6c(c41)c1c2c2c4c(cc7ccc8cc(c6c6c8c7c4c16)C5)CC2=C3. The Morgan fingerprint density at radius 1 is 0.714 bits per heavy atom. The van der Waals surface area contributed by atoms with E-state index in [1.54, 1.807) is 43.6 Å². The molecule has 0 aromatic heterocycles. The van der Waals surface area contributed by atoms with E-state index >= 15 is 0 Å². The maximum absolute atomic E-state index is 13.0. The van der Waals surface area contributed by atoms with E-state index in [2.05, 4.69) is 79.7 Å². The van der Waals surface area contributed by atoms with Crippen LogP contribution in [0, 0.1) is 0 Å². The van der Waals surface area contributed by atoms with Crippen LogP contribution >= 0.6 is 0 Å². The Kier molecular flexibility index (Phi) is 4.47. The maximum Gasteiger partial charge on any atom is 0.305 e. The van der Waals surface area contributed by atoms with Crippen molar-refractivity contribution in [3.63, 3.8) is 0 Å². The number of unbranched alkanes of at least 4 members (excludes halogenated alkanes) is 2. The van der Waals surface area contributed by atoms with Crippen molar-refractivity contribution in [1.29, 1.82) is 0 Å². The van der Waals surface area contributed by atoms with Crippen LogP contribution in [0.3, 0.4) is 0 Å². The molecule has 5 aliphatic carbocycles. The molecular formula is C47H34O2. The monoisotopic (exact) mass is 630 g/mol. The molecule has 2 heteroatoms. The molecule has 0 heterocycles. The third-order valence-corrected chi connectivity index (χ3v) is 13.6. The predicted octanol–water partition coefficient (Wildman–Crippen LogP) is 11.5. The zero-order valence-corrected chi connectivity index (χ0v) is 27.7. The molecule has 234 valence electrons. The topological polar surface area (TPSA) is 26.3 Å². The van der Waals surface area contributed by atoms with Crippen LogP contribution in [0.2, 0.25) is 0 Å². The van der Waals surface area contributed by atoms with Crippen molar-refractivity contribution in [2.45, 2.75) is 69.6 Å². The normalized spacial score (nSPS) is 19.4. The molecule has 2 atom stereocenters. The lowest BCUT2D eigenvalue weighted by atomic mass is 9.58. The van der Waals surface area contributed by atoms with Crippen LogP contribution in [0.1, 0.15) is 95.9 Å². The predicted molar refractivity (Wildman–Crippen MR) is 202 cm³/mol. The Hall–Kier alpha value is -4.95. The fourth-order valence-corrected chi connectivity index (χ4v) is 12.1. The molecule has 49 heavy (non-hydrogen) atoms. The number of hydrogen-bond acceptors (Lipinski definition) is 2. The summed E-state index contributed by atoms with van der Waals surface area (Å²) in [7, 11) is 0. The average Bonchev–Trinajstić information content (AvgIpc) is 3.90. The lowest BCUT2D eigenvalue weighted by Crippen LogP contribution is -2.36. The summed E-state index contributed by atoms with van der Waals surface area (Å²) in [5.41, 5.74) is 14.8. The molecule has 5 aliphatic rings.